The van der Waals surface area contributed by atoms with E-state index in [4.69, 9.17) is 9.47 Å². The number of hydrogen-bond donors (Lipinski definition) is 1. The predicted octanol–water partition coefficient (Wildman–Crippen LogP) is 4.10. The van der Waals surface area contributed by atoms with Gasteiger partial charge in [0.1, 0.15) is 0 Å². The van der Waals surface area contributed by atoms with E-state index in [2.05, 4.69) is 16.8 Å². The van der Waals surface area contributed by atoms with Gasteiger partial charge in [-0.3, -0.25) is 0 Å². The van der Waals surface area contributed by atoms with Crippen molar-refractivity contribution in [1.82, 2.24) is 4.98 Å². The Balaban J connectivity index is 1.82. The molecular formula is C19H15NO3. The monoisotopic (exact) mass is 305 g/mol. The van der Waals surface area contributed by atoms with Crippen molar-refractivity contribution in [1.29, 1.82) is 0 Å². The minimum Gasteiger partial charge on any atom is -0.434 e. The Kier molecular flexibility index (Phi) is 4.30. The third-order valence-electron chi connectivity index (χ3n) is 3.18. The van der Waals surface area contributed by atoms with E-state index >= 15 is 0 Å². The minimum absolute atomic E-state index is 0.276. The molecule has 0 atom stereocenters. The number of nitrogens with one attached hydrogen (secondary N) is 1. The molecule has 3 rings (SSSR count). The maximum atomic E-state index is 11.3. The molecule has 0 spiro atoms. The standard InChI is InChI=1S/C19H15NO3/c1-2-22-19(21)23-18-13-16-12-15(10-11-17(16)20-18)9-8-14-6-4-3-5-7-14/h3-7,10-13,20H,2H2,1H3. The Hall–Kier alpha value is -3.19. The van der Waals surface area contributed by atoms with Crippen molar-refractivity contribution in [2.75, 3.05) is 6.61 Å². The number of rotatable bonds is 2. The van der Waals surface area contributed by atoms with Gasteiger partial charge in [-0.25, -0.2) is 4.79 Å². The molecule has 1 aromatic heterocycles. The lowest BCUT2D eigenvalue weighted by Gasteiger charge is -1.99. The molecule has 0 bridgehead atoms. The molecule has 0 aliphatic rings. The van der Waals surface area contributed by atoms with Crippen LogP contribution in [-0.2, 0) is 4.74 Å². The molecule has 0 aliphatic carbocycles. The molecule has 0 radical (unpaired) electrons. The van der Waals surface area contributed by atoms with Crippen LogP contribution in [0.2, 0.25) is 0 Å². The fourth-order valence-corrected chi connectivity index (χ4v) is 2.14. The molecular weight excluding hydrogens is 290 g/mol. The van der Waals surface area contributed by atoms with Gasteiger partial charge in [-0.2, -0.15) is 0 Å². The van der Waals surface area contributed by atoms with Crippen molar-refractivity contribution in [3.63, 3.8) is 0 Å². The summed E-state index contributed by atoms with van der Waals surface area (Å²) in [6.07, 6.45) is -0.719. The topological polar surface area (TPSA) is 51.3 Å². The van der Waals surface area contributed by atoms with Crippen LogP contribution in [0.1, 0.15) is 18.1 Å². The molecule has 23 heavy (non-hydrogen) atoms. The first-order valence-corrected chi connectivity index (χ1v) is 7.29. The molecule has 4 heteroatoms. The molecule has 2 aromatic carbocycles. The zero-order valence-electron chi connectivity index (χ0n) is 12.6. The van der Waals surface area contributed by atoms with Crippen molar-refractivity contribution < 1.29 is 14.3 Å². The van der Waals surface area contributed by atoms with Gasteiger partial charge in [0.15, 0.2) is 0 Å². The van der Waals surface area contributed by atoms with Gasteiger partial charge in [-0.15, -0.1) is 0 Å². The van der Waals surface area contributed by atoms with E-state index in [-0.39, 0.29) is 6.61 Å². The molecule has 114 valence electrons. The van der Waals surface area contributed by atoms with Gasteiger partial charge in [0, 0.05) is 28.1 Å². The molecule has 0 saturated heterocycles. The van der Waals surface area contributed by atoms with Crippen LogP contribution >= 0.6 is 0 Å². The summed E-state index contributed by atoms with van der Waals surface area (Å²) < 4.78 is 9.81. The molecule has 3 aromatic rings. The summed E-state index contributed by atoms with van der Waals surface area (Å²) in [6.45, 7) is 2.00. The van der Waals surface area contributed by atoms with Crippen LogP contribution in [0.15, 0.2) is 54.6 Å². The fraction of sp³-hybridized carbons (Fsp3) is 0.105. The highest BCUT2D eigenvalue weighted by Gasteiger charge is 2.08. The summed E-state index contributed by atoms with van der Waals surface area (Å²) in [4.78, 5) is 14.3. The first-order valence-electron chi connectivity index (χ1n) is 7.29. The molecule has 1 heterocycles. The van der Waals surface area contributed by atoms with Gasteiger partial charge in [-0.05, 0) is 37.3 Å². The van der Waals surface area contributed by atoms with Crippen LogP contribution in [0.4, 0.5) is 4.79 Å². The van der Waals surface area contributed by atoms with E-state index in [9.17, 15) is 4.79 Å². The second-order valence-corrected chi connectivity index (χ2v) is 4.84. The van der Waals surface area contributed by atoms with Crippen molar-refractivity contribution in [2.45, 2.75) is 6.92 Å². The van der Waals surface area contributed by atoms with Crippen LogP contribution in [0, 0.1) is 11.8 Å². The number of carbonyl (C=O) groups excluding carboxylic acids is 1. The molecule has 0 amide bonds. The van der Waals surface area contributed by atoms with E-state index < -0.39 is 6.16 Å². The van der Waals surface area contributed by atoms with Crippen molar-refractivity contribution in [2.24, 2.45) is 0 Å². The molecule has 0 fully saturated rings. The zero-order valence-corrected chi connectivity index (χ0v) is 12.6. The van der Waals surface area contributed by atoms with E-state index in [0.717, 1.165) is 22.0 Å². The Bertz CT molecular complexity index is 885. The van der Waals surface area contributed by atoms with Gasteiger partial charge in [0.25, 0.3) is 0 Å². The highest BCUT2D eigenvalue weighted by Crippen LogP contribution is 2.21. The molecule has 0 saturated carbocycles. The minimum atomic E-state index is -0.719. The highest BCUT2D eigenvalue weighted by molar-refractivity contribution is 5.83. The second-order valence-electron chi connectivity index (χ2n) is 4.84. The number of carbonyl (C=O) groups is 1. The summed E-state index contributed by atoms with van der Waals surface area (Å²) in [5.74, 6) is 6.60. The SMILES string of the molecule is CCOC(=O)Oc1cc2cc(C#Cc3ccccc3)ccc2[nH]1. The van der Waals surface area contributed by atoms with Crippen LogP contribution in [0.25, 0.3) is 10.9 Å². The van der Waals surface area contributed by atoms with Gasteiger partial charge < -0.3 is 14.5 Å². The van der Waals surface area contributed by atoms with E-state index in [1.165, 1.54) is 0 Å². The lowest BCUT2D eigenvalue weighted by Crippen LogP contribution is -2.09. The van der Waals surface area contributed by atoms with E-state index in [1.807, 2.05) is 48.5 Å². The Morgan fingerprint density at radius 1 is 1.04 bits per heavy atom. The number of fused-ring (bicyclic) bond motifs is 1. The van der Waals surface area contributed by atoms with Crippen molar-refractivity contribution in [3.8, 4) is 17.7 Å². The maximum Gasteiger partial charge on any atom is 0.515 e. The summed E-state index contributed by atoms with van der Waals surface area (Å²) >= 11 is 0. The van der Waals surface area contributed by atoms with E-state index in [0.29, 0.717) is 5.88 Å². The first-order chi connectivity index (χ1) is 11.2. The van der Waals surface area contributed by atoms with Crippen LogP contribution in [0.3, 0.4) is 0 Å². The third kappa shape index (κ3) is 3.72. The number of hydrogen-bond acceptors (Lipinski definition) is 3. The van der Waals surface area contributed by atoms with Gasteiger partial charge >= 0.3 is 6.16 Å². The van der Waals surface area contributed by atoms with Gasteiger partial charge in [0.2, 0.25) is 5.88 Å². The van der Waals surface area contributed by atoms with Gasteiger partial charge in [-0.1, -0.05) is 30.0 Å². The third-order valence-corrected chi connectivity index (χ3v) is 3.18. The van der Waals surface area contributed by atoms with Crippen LogP contribution in [-0.4, -0.2) is 17.7 Å². The average Bonchev–Trinajstić information content (AvgIpc) is 2.95. The number of aromatic nitrogens is 1. The van der Waals surface area contributed by atoms with Crippen LogP contribution in [0.5, 0.6) is 5.88 Å². The second kappa shape index (κ2) is 6.71. The number of ether oxygens (including phenoxy) is 2. The maximum absolute atomic E-state index is 11.3. The quantitative estimate of drug-likeness (QED) is 0.573. The number of H-pyrrole nitrogens is 1. The molecule has 1 N–H and O–H groups in total. The predicted molar refractivity (Wildman–Crippen MR) is 88.4 cm³/mol. The highest BCUT2D eigenvalue weighted by atomic mass is 16.7. The Labute approximate surface area is 134 Å². The number of aromatic amines is 1. The smallest absolute Gasteiger partial charge is 0.434 e. The van der Waals surface area contributed by atoms with Gasteiger partial charge in [0.05, 0.1) is 6.61 Å². The largest absolute Gasteiger partial charge is 0.515 e. The van der Waals surface area contributed by atoms with Crippen molar-refractivity contribution >= 4 is 17.1 Å². The lowest BCUT2D eigenvalue weighted by molar-refractivity contribution is 0.103. The Morgan fingerprint density at radius 2 is 1.83 bits per heavy atom. The van der Waals surface area contributed by atoms with E-state index in [1.54, 1.807) is 13.0 Å². The normalized spacial score (nSPS) is 9.96. The fourth-order valence-electron chi connectivity index (χ4n) is 2.14. The number of benzene rings is 2. The summed E-state index contributed by atoms with van der Waals surface area (Å²) in [5.41, 5.74) is 2.73. The summed E-state index contributed by atoms with van der Waals surface area (Å²) in [6, 6.07) is 17.3. The summed E-state index contributed by atoms with van der Waals surface area (Å²) in [5, 5.41) is 0.921. The Morgan fingerprint density at radius 3 is 2.61 bits per heavy atom. The van der Waals surface area contributed by atoms with Crippen molar-refractivity contribution in [3.05, 3.63) is 65.7 Å². The van der Waals surface area contributed by atoms with Crippen LogP contribution < -0.4 is 4.74 Å². The average molecular weight is 305 g/mol. The zero-order chi connectivity index (χ0) is 16.1. The summed E-state index contributed by atoms with van der Waals surface area (Å²) in [7, 11) is 0. The molecule has 0 unspecified atom stereocenters. The molecule has 0 aliphatic heterocycles. The molecule has 4 nitrogen and oxygen atoms in total. The first kappa shape index (κ1) is 14.7. The lowest BCUT2D eigenvalue weighted by atomic mass is 10.1.